The molecule has 3 aromatic rings. The Morgan fingerprint density at radius 2 is 1.91 bits per heavy atom. The van der Waals surface area contributed by atoms with Crippen molar-refractivity contribution in [1.82, 2.24) is 14.5 Å². The standard InChI is InChI=1S/C15H12FN3O2S/c16-13-4-2-12(3-5-13)14-8-17-10-19(14)15-6-1-11(7-18-15)9-22(20)21/h1-8,10H,9H2,(H,20,21). The Labute approximate surface area is 128 Å². The normalized spacial score (nSPS) is 12.3. The van der Waals surface area contributed by atoms with E-state index in [1.807, 2.05) is 0 Å². The van der Waals surface area contributed by atoms with E-state index in [0.29, 0.717) is 11.4 Å². The first kappa shape index (κ1) is 14.6. The minimum Gasteiger partial charge on any atom is -0.306 e. The van der Waals surface area contributed by atoms with E-state index in [0.717, 1.165) is 11.3 Å². The molecule has 1 aromatic carbocycles. The molecule has 0 aliphatic carbocycles. The smallest absolute Gasteiger partial charge is 0.157 e. The van der Waals surface area contributed by atoms with Gasteiger partial charge in [0.2, 0.25) is 0 Å². The molecule has 0 aliphatic heterocycles. The number of hydrogen-bond donors (Lipinski definition) is 1. The predicted molar refractivity (Wildman–Crippen MR) is 81.2 cm³/mol. The van der Waals surface area contributed by atoms with Crippen molar-refractivity contribution < 1.29 is 13.2 Å². The van der Waals surface area contributed by atoms with Crippen molar-refractivity contribution in [3.05, 3.63) is 66.5 Å². The van der Waals surface area contributed by atoms with E-state index < -0.39 is 11.1 Å². The lowest BCUT2D eigenvalue weighted by Gasteiger charge is -2.08. The summed E-state index contributed by atoms with van der Waals surface area (Å²) in [6.07, 6.45) is 4.84. The molecule has 1 atom stereocenters. The molecule has 22 heavy (non-hydrogen) atoms. The van der Waals surface area contributed by atoms with Gasteiger partial charge in [-0.1, -0.05) is 6.07 Å². The molecule has 0 saturated carbocycles. The molecule has 3 rings (SSSR count). The molecule has 1 unspecified atom stereocenters. The minimum atomic E-state index is -1.89. The van der Waals surface area contributed by atoms with Crippen molar-refractivity contribution in [3.63, 3.8) is 0 Å². The summed E-state index contributed by atoms with van der Waals surface area (Å²) in [6, 6.07) is 9.61. The topological polar surface area (TPSA) is 68.0 Å². The first-order valence-electron chi connectivity index (χ1n) is 6.44. The average Bonchev–Trinajstić information content (AvgIpc) is 2.97. The highest BCUT2D eigenvalue weighted by Gasteiger charge is 2.08. The first-order valence-corrected chi connectivity index (χ1v) is 7.72. The highest BCUT2D eigenvalue weighted by molar-refractivity contribution is 7.78. The Bertz CT molecular complexity index is 800. The highest BCUT2D eigenvalue weighted by atomic mass is 32.2. The molecular weight excluding hydrogens is 305 g/mol. The van der Waals surface area contributed by atoms with Crippen molar-refractivity contribution in [2.45, 2.75) is 5.75 Å². The third kappa shape index (κ3) is 3.10. The van der Waals surface area contributed by atoms with E-state index >= 15 is 0 Å². The summed E-state index contributed by atoms with van der Waals surface area (Å²) in [5.74, 6) is 0.376. The molecule has 0 spiro atoms. The van der Waals surface area contributed by atoms with E-state index in [4.69, 9.17) is 4.55 Å². The van der Waals surface area contributed by atoms with E-state index in [9.17, 15) is 8.60 Å². The second kappa shape index (κ2) is 6.17. The number of rotatable bonds is 4. The lowest BCUT2D eigenvalue weighted by atomic mass is 10.1. The van der Waals surface area contributed by atoms with Gasteiger partial charge in [-0.3, -0.25) is 4.57 Å². The van der Waals surface area contributed by atoms with Gasteiger partial charge in [-0.2, -0.15) is 0 Å². The zero-order valence-electron chi connectivity index (χ0n) is 11.4. The summed E-state index contributed by atoms with van der Waals surface area (Å²) in [5, 5.41) is 0. The maximum Gasteiger partial charge on any atom is 0.157 e. The lowest BCUT2D eigenvalue weighted by Crippen LogP contribution is -2.00. The van der Waals surface area contributed by atoms with Gasteiger partial charge in [0.15, 0.2) is 11.1 Å². The number of nitrogens with zero attached hydrogens (tertiary/aromatic N) is 3. The van der Waals surface area contributed by atoms with Crippen LogP contribution in [0.15, 0.2) is 55.1 Å². The minimum absolute atomic E-state index is 0.0437. The number of aromatic nitrogens is 3. The van der Waals surface area contributed by atoms with E-state index in [-0.39, 0.29) is 11.6 Å². The van der Waals surface area contributed by atoms with Gasteiger partial charge in [-0.25, -0.2) is 18.6 Å². The van der Waals surface area contributed by atoms with Crippen molar-refractivity contribution in [2.24, 2.45) is 0 Å². The van der Waals surface area contributed by atoms with E-state index in [1.54, 1.807) is 47.6 Å². The maximum absolute atomic E-state index is 13.0. The Morgan fingerprint density at radius 3 is 2.55 bits per heavy atom. The average molecular weight is 317 g/mol. The Hall–Kier alpha value is -2.38. The molecule has 1 N–H and O–H groups in total. The molecule has 0 aliphatic rings. The Balaban J connectivity index is 1.94. The molecular formula is C15H12FN3O2S. The molecule has 112 valence electrons. The second-order valence-corrected chi connectivity index (χ2v) is 5.58. The van der Waals surface area contributed by atoms with Crippen LogP contribution in [0.2, 0.25) is 0 Å². The number of imidazole rings is 1. The summed E-state index contributed by atoms with van der Waals surface area (Å²) in [5.41, 5.74) is 2.28. The van der Waals surface area contributed by atoms with Crippen LogP contribution in [-0.4, -0.2) is 23.3 Å². The van der Waals surface area contributed by atoms with Gasteiger partial charge >= 0.3 is 0 Å². The Kier molecular flexibility index (Phi) is 4.08. The summed E-state index contributed by atoms with van der Waals surface area (Å²) < 4.78 is 34.5. The van der Waals surface area contributed by atoms with Crippen LogP contribution in [0.1, 0.15) is 5.56 Å². The fourth-order valence-electron chi connectivity index (χ4n) is 2.10. The lowest BCUT2D eigenvalue weighted by molar-refractivity contribution is 0.563. The zero-order valence-corrected chi connectivity index (χ0v) is 12.2. The molecule has 2 heterocycles. The predicted octanol–water partition coefficient (Wildman–Crippen LogP) is 2.80. The van der Waals surface area contributed by atoms with Crippen LogP contribution in [-0.2, 0) is 16.8 Å². The van der Waals surface area contributed by atoms with Gasteiger partial charge in [-0.05, 0) is 35.9 Å². The largest absolute Gasteiger partial charge is 0.306 e. The fraction of sp³-hybridized carbons (Fsp3) is 0.0667. The van der Waals surface area contributed by atoms with Gasteiger partial charge in [0.1, 0.15) is 18.0 Å². The van der Waals surface area contributed by atoms with Crippen molar-refractivity contribution in [2.75, 3.05) is 0 Å². The van der Waals surface area contributed by atoms with Gasteiger partial charge in [0, 0.05) is 11.8 Å². The summed E-state index contributed by atoms with van der Waals surface area (Å²) in [4.78, 5) is 8.39. The molecule has 0 radical (unpaired) electrons. The van der Waals surface area contributed by atoms with Crippen LogP contribution in [0.4, 0.5) is 4.39 Å². The van der Waals surface area contributed by atoms with E-state index in [1.165, 1.54) is 12.1 Å². The third-order valence-corrected chi connectivity index (χ3v) is 3.70. The Morgan fingerprint density at radius 1 is 1.14 bits per heavy atom. The quantitative estimate of drug-likeness (QED) is 0.751. The number of halogens is 1. The molecule has 2 aromatic heterocycles. The van der Waals surface area contributed by atoms with Crippen molar-refractivity contribution >= 4 is 11.1 Å². The molecule has 5 nitrogen and oxygen atoms in total. The molecule has 0 amide bonds. The fourth-order valence-corrected chi connectivity index (χ4v) is 2.55. The maximum atomic E-state index is 13.0. The number of pyridine rings is 1. The van der Waals surface area contributed by atoms with Crippen LogP contribution in [0.5, 0.6) is 0 Å². The zero-order chi connectivity index (χ0) is 15.5. The molecule has 0 bridgehead atoms. The summed E-state index contributed by atoms with van der Waals surface area (Å²) in [6.45, 7) is 0. The van der Waals surface area contributed by atoms with Gasteiger partial charge < -0.3 is 4.55 Å². The molecule has 0 fully saturated rings. The third-order valence-electron chi connectivity index (χ3n) is 3.12. The first-order chi connectivity index (χ1) is 10.6. The van der Waals surface area contributed by atoms with Crippen LogP contribution < -0.4 is 0 Å². The van der Waals surface area contributed by atoms with E-state index in [2.05, 4.69) is 9.97 Å². The van der Waals surface area contributed by atoms with Crippen molar-refractivity contribution in [3.8, 4) is 17.1 Å². The highest BCUT2D eigenvalue weighted by Crippen LogP contribution is 2.22. The van der Waals surface area contributed by atoms with Crippen molar-refractivity contribution in [1.29, 1.82) is 0 Å². The van der Waals surface area contributed by atoms with Crippen LogP contribution in [0, 0.1) is 5.82 Å². The monoisotopic (exact) mass is 317 g/mol. The van der Waals surface area contributed by atoms with Crippen LogP contribution in [0.25, 0.3) is 17.1 Å². The van der Waals surface area contributed by atoms with Gasteiger partial charge in [-0.15, -0.1) is 0 Å². The second-order valence-electron chi connectivity index (χ2n) is 4.65. The number of benzene rings is 1. The van der Waals surface area contributed by atoms with Crippen LogP contribution >= 0.6 is 0 Å². The van der Waals surface area contributed by atoms with Gasteiger partial charge in [0.05, 0.1) is 17.6 Å². The SMILES string of the molecule is O=S(O)Cc1ccc(-n2cncc2-c2ccc(F)cc2)nc1. The molecule has 0 saturated heterocycles. The number of hydrogen-bond acceptors (Lipinski definition) is 3. The summed E-state index contributed by atoms with van der Waals surface area (Å²) in [7, 11) is 0. The molecule has 7 heteroatoms. The van der Waals surface area contributed by atoms with Gasteiger partial charge in [0.25, 0.3) is 0 Å². The summed E-state index contributed by atoms with van der Waals surface area (Å²) >= 11 is -1.89. The van der Waals surface area contributed by atoms with Crippen LogP contribution in [0.3, 0.4) is 0 Å².